The normalized spacial score (nSPS) is 45.9. The molecule has 5 unspecified atom stereocenters. The zero-order valence-corrected chi connectivity index (χ0v) is 11.3. The maximum Gasteiger partial charge on any atom is 0.269 e. The molecule has 3 saturated carbocycles. The monoisotopic (exact) mass is 262 g/mol. The SMILES string of the molecule is O=C(N/N=C1\CC2CC1C1CCCC21)C1CCCO1. The fraction of sp³-hybridized carbons (Fsp3) is 0.867. The van der Waals surface area contributed by atoms with E-state index in [2.05, 4.69) is 10.5 Å². The van der Waals surface area contributed by atoms with E-state index in [1.807, 2.05) is 0 Å². The first-order chi connectivity index (χ1) is 9.33. The van der Waals surface area contributed by atoms with Crippen LogP contribution < -0.4 is 5.43 Å². The highest BCUT2D eigenvalue weighted by Gasteiger charge is 2.52. The third-order valence-corrected chi connectivity index (χ3v) is 5.74. The molecule has 1 heterocycles. The molecule has 1 N–H and O–H groups in total. The number of hydrazone groups is 1. The van der Waals surface area contributed by atoms with E-state index in [9.17, 15) is 4.79 Å². The molecule has 4 fully saturated rings. The van der Waals surface area contributed by atoms with Crippen LogP contribution in [-0.4, -0.2) is 24.3 Å². The molecule has 19 heavy (non-hydrogen) atoms. The summed E-state index contributed by atoms with van der Waals surface area (Å²) >= 11 is 0. The summed E-state index contributed by atoms with van der Waals surface area (Å²) in [5, 5.41) is 4.45. The van der Waals surface area contributed by atoms with Gasteiger partial charge in [0, 0.05) is 18.2 Å². The smallest absolute Gasteiger partial charge is 0.269 e. The molecule has 0 aromatic heterocycles. The minimum absolute atomic E-state index is 0.0456. The summed E-state index contributed by atoms with van der Waals surface area (Å²) in [7, 11) is 0. The van der Waals surface area contributed by atoms with Crippen molar-refractivity contribution >= 4 is 11.6 Å². The molecule has 4 aliphatic rings. The Labute approximate surface area is 114 Å². The van der Waals surface area contributed by atoms with Crippen molar-refractivity contribution in [2.75, 3.05) is 6.61 Å². The summed E-state index contributed by atoms with van der Waals surface area (Å²) in [5.74, 6) is 3.32. The molecule has 3 aliphatic carbocycles. The minimum Gasteiger partial charge on any atom is -0.368 e. The summed E-state index contributed by atoms with van der Waals surface area (Å²) in [6.07, 6.45) is 8.23. The number of rotatable bonds is 2. The highest BCUT2D eigenvalue weighted by molar-refractivity contribution is 5.92. The molecule has 0 aromatic rings. The number of nitrogens with zero attached hydrogens (tertiary/aromatic N) is 1. The number of hydrogen-bond donors (Lipinski definition) is 1. The number of carbonyl (C=O) groups excluding carboxylic acids is 1. The highest BCUT2D eigenvalue weighted by Crippen LogP contribution is 2.57. The maximum absolute atomic E-state index is 11.9. The molecular formula is C15H22N2O2. The lowest BCUT2D eigenvalue weighted by atomic mass is 9.81. The Morgan fingerprint density at radius 2 is 2.11 bits per heavy atom. The van der Waals surface area contributed by atoms with Crippen molar-refractivity contribution in [2.45, 2.75) is 51.0 Å². The molecule has 1 amide bonds. The second-order valence-corrected chi connectivity index (χ2v) is 6.65. The van der Waals surface area contributed by atoms with Crippen LogP contribution in [0.25, 0.3) is 0 Å². The van der Waals surface area contributed by atoms with Crippen LogP contribution in [-0.2, 0) is 9.53 Å². The van der Waals surface area contributed by atoms with Crippen LogP contribution in [0.3, 0.4) is 0 Å². The quantitative estimate of drug-likeness (QED) is 0.775. The van der Waals surface area contributed by atoms with E-state index < -0.39 is 0 Å². The number of nitrogens with one attached hydrogen (secondary N) is 1. The molecule has 104 valence electrons. The van der Waals surface area contributed by atoms with E-state index in [4.69, 9.17) is 4.74 Å². The van der Waals surface area contributed by atoms with Gasteiger partial charge in [-0.3, -0.25) is 4.79 Å². The van der Waals surface area contributed by atoms with E-state index >= 15 is 0 Å². The fourth-order valence-electron chi connectivity index (χ4n) is 4.93. The molecule has 1 aliphatic heterocycles. The largest absolute Gasteiger partial charge is 0.368 e. The molecule has 4 heteroatoms. The lowest BCUT2D eigenvalue weighted by Crippen LogP contribution is -2.33. The summed E-state index contributed by atoms with van der Waals surface area (Å²) in [6, 6.07) is 0. The van der Waals surface area contributed by atoms with E-state index in [0.717, 1.165) is 37.0 Å². The van der Waals surface area contributed by atoms with Crippen molar-refractivity contribution in [3.05, 3.63) is 0 Å². The van der Waals surface area contributed by atoms with Gasteiger partial charge in [0.2, 0.25) is 0 Å². The molecule has 0 spiro atoms. The Bertz CT molecular complexity index is 414. The van der Waals surface area contributed by atoms with Crippen molar-refractivity contribution in [3.8, 4) is 0 Å². The molecule has 4 rings (SSSR count). The van der Waals surface area contributed by atoms with Gasteiger partial charge in [-0.15, -0.1) is 0 Å². The van der Waals surface area contributed by atoms with Crippen LogP contribution in [0.1, 0.15) is 44.9 Å². The summed E-state index contributed by atoms with van der Waals surface area (Å²) in [5.41, 5.74) is 4.02. The van der Waals surface area contributed by atoms with Gasteiger partial charge in [-0.2, -0.15) is 5.10 Å². The minimum atomic E-state index is -0.262. The molecule has 1 saturated heterocycles. The second-order valence-electron chi connectivity index (χ2n) is 6.65. The number of fused-ring (bicyclic) bond motifs is 5. The van der Waals surface area contributed by atoms with Gasteiger partial charge in [-0.25, -0.2) is 5.43 Å². The fourth-order valence-corrected chi connectivity index (χ4v) is 4.93. The Morgan fingerprint density at radius 3 is 2.95 bits per heavy atom. The van der Waals surface area contributed by atoms with Gasteiger partial charge in [0.1, 0.15) is 6.10 Å². The zero-order chi connectivity index (χ0) is 12.8. The number of ether oxygens (including phenoxy) is 1. The standard InChI is InChI=1S/C15H22N2O2/c18-15(14-5-2-6-19-14)17-16-13-8-9-7-12(13)11-4-1-3-10(9)11/h9-12,14H,1-8H2,(H,17,18)/b16-13+. The first kappa shape index (κ1) is 11.9. The third kappa shape index (κ3) is 1.92. The number of hydrogen-bond acceptors (Lipinski definition) is 3. The van der Waals surface area contributed by atoms with Gasteiger partial charge >= 0.3 is 0 Å². The van der Waals surface area contributed by atoms with Crippen LogP contribution in [0.2, 0.25) is 0 Å². The number of carbonyl (C=O) groups is 1. The van der Waals surface area contributed by atoms with Crippen LogP contribution >= 0.6 is 0 Å². The highest BCUT2D eigenvalue weighted by atomic mass is 16.5. The van der Waals surface area contributed by atoms with Crippen molar-refractivity contribution in [3.63, 3.8) is 0 Å². The van der Waals surface area contributed by atoms with Crippen LogP contribution in [0, 0.1) is 23.7 Å². The first-order valence-corrected chi connectivity index (χ1v) is 7.81. The van der Waals surface area contributed by atoms with Gasteiger partial charge in [0.15, 0.2) is 0 Å². The Kier molecular flexibility index (Phi) is 2.87. The average molecular weight is 262 g/mol. The van der Waals surface area contributed by atoms with Crippen molar-refractivity contribution in [1.29, 1.82) is 0 Å². The predicted molar refractivity (Wildman–Crippen MR) is 71.6 cm³/mol. The molecule has 0 aromatic carbocycles. The van der Waals surface area contributed by atoms with Gasteiger partial charge in [-0.1, -0.05) is 6.42 Å². The molecular weight excluding hydrogens is 240 g/mol. The first-order valence-electron chi connectivity index (χ1n) is 7.81. The zero-order valence-electron chi connectivity index (χ0n) is 11.3. The van der Waals surface area contributed by atoms with E-state index in [-0.39, 0.29) is 12.0 Å². The van der Waals surface area contributed by atoms with E-state index in [1.165, 1.54) is 31.4 Å². The van der Waals surface area contributed by atoms with Crippen molar-refractivity contribution in [2.24, 2.45) is 28.8 Å². The second kappa shape index (κ2) is 4.58. The maximum atomic E-state index is 11.9. The molecule has 5 atom stereocenters. The van der Waals surface area contributed by atoms with Crippen molar-refractivity contribution < 1.29 is 9.53 Å². The summed E-state index contributed by atoms with van der Waals surface area (Å²) in [6.45, 7) is 0.711. The third-order valence-electron chi connectivity index (χ3n) is 5.74. The Morgan fingerprint density at radius 1 is 1.21 bits per heavy atom. The van der Waals surface area contributed by atoms with Crippen molar-refractivity contribution in [1.82, 2.24) is 5.43 Å². The molecule has 4 nitrogen and oxygen atoms in total. The van der Waals surface area contributed by atoms with Gasteiger partial charge in [0.05, 0.1) is 0 Å². The van der Waals surface area contributed by atoms with Gasteiger partial charge < -0.3 is 4.74 Å². The van der Waals surface area contributed by atoms with Gasteiger partial charge in [-0.05, 0) is 56.3 Å². The lowest BCUT2D eigenvalue weighted by molar-refractivity contribution is -0.130. The Balaban J connectivity index is 1.40. The topological polar surface area (TPSA) is 50.7 Å². The molecule has 2 bridgehead atoms. The van der Waals surface area contributed by atoms with Gasteiger partial charge in [0.25, 0.3) is 5.91 Å². The van der Waals surface area contributed by atoms with E-state index in [1.54, 1.807) is 0 Å². The lowest BCUT2D eigenvalue weighted by Gasteiger charge is -2.25. The van der Waals surface area contributed by atoms with Crippen LogP contribution in [0.5, 0.6) is 0 Å². The predicted octanol–water partition coefficient (Wildman–Crippen LogP) is 2.09. The molecule has 0 radical (unpaired) electrons. The van der Waals surface area contributed by atoms with Crippen LogP contribution in [0.4, 0.5) is 0 Å². The summed E-state index contributed by atoms with van der Waals surface area (Å²) in [4.78, 5) is 11.9. The van der Waals surface area contributed by atoms with E-state index in [0.29, 0.717) is 12.5 Å². The Hall–Kier alpha value is -0.900. The average Bonchev–Trinajstić information content (AvgIpc) is 3.15. The van der Waals surface area contributed by atoms with Crippen LogP contribution in [0.15, 0.2) is 5.10 Å². The number of amides is 1. The summed E-state index contributed by atoms with van der Waals surface area (Å²) < 4.78 is 5.38.